The first-order chi connectivity index (χ1) is 8.97. The first kappa shape index (κ1) is 15.0. The van der Waals surface area contributed by atoms with Crippen molar-refractivity contribution in [2.24, 2.45) is 0 Å². The van der Waals surface area contributed by atoms with Gasteiger partial charge in [-0.05, 0) is 31.7 Å². The molecule has 0 bridgehead atoms. The van der Waals surface area contributed by atoms with Crippen LogP contribution in [0, 0.1) is 0 Å². The third-order valence-corrected chi connectivity index (χ3v) is 4.54. The molecule has 2 heterocycles. The summed E-state index contributed by atoms with van der Waals surface area (Å²) in [6.45, 7) is 8.59. The Morgan fingerprint density at radius 2 is 2.16 bits per heavy atom. The van der Waals surface area contributed by atoms with Crippen molar-refractivity contribution in [2.45, 2.75) is 31.1 Å². The highest BCUT2D eigenvalue weighted by Gasteiger charge is 2.30. The molecule has 1 aromatic rings. The van der Waals surface area contributed by atoms with Gasteiger partial charge < -0.3 is 4.90 Å². The van der Waals surface area contributed by atoms with E-state index in [1.165, 1.54) is 4.88 Å². The van der Waals surface area contributed by atoms with E-state index < -0.39 is 4.32 Å². The van der Waals surface area contributed by atoms with E-state index in [1.54, 1.807) is 11.3 Å². The predicted molar refractivity (Wildman–Crippen MR) is 83.8 cm³/mol. The van der Waals surface area contributed by atoms with Crippen molar-refractivity contribution in [2.75, 3.05) is 26.2 Å². The zero-order valence-corrected chi connectivity index (χ0v) is 14.0. The van der Waals surface area contributed by atoms with Crippen LogP contribution in [-0.4, -0.2) is 46.2 Å². The van der Waals surface area contributed by atoms with Crippen LogP contribution in [0.25, 0.3) is 0 Å². The van der Waals surface area contributed by atoms with Crippen LogP contribution in [0.5, 0.6) is 0 Å². The molecular formula is C14H21BrN2OS. The summed E-state index contributed by atoms with van der Waals surface area (Å²) in [5.41, 5.74) is 0. The molecule has 2 rings (SSSR count). The zero-order chi connectivity index (χ0) is 13.9. The summed E-state index contributed by atoms with van der Waals surface area (Å²) in [6, 6.07) is 4.28. The Hall–Kier alpha value is -0.390. The highest BCUT2D eigenvalue weighted by Crippen LogP contribution is 2.21. The molecule has 0 N–H and O–H groups in total. The SMILES string of the molecule is CC(C)(Br)C(=O)N1CCCN(Cc2cccs2)CC1. The molecule has 3 nitrogen and oxygen atoms in total. The van der Waals surface area contributed by atoms with Crippen LogP contribution in [0.1, 0.15) is 25.1 Å². The van der Waals surface area contributed by atoms with Crippen molar-refractivity contribution >= 4 is 33.2 Å². The standard InChI is InChI=1S/C14H21BrN2OS/c1-14(2,15)13(18)17-7-4-6-16(8-9-17)11-12-5-3-10-19-12/h3,5,10H,4,6-9,11H2,1-2H3. The van der Waals surface area contributed by atoms with Gasteiger partial charge in [0.1, 0.15) is 0 Å². The number of rotatable bonds is 3. The van der Waals surface area contributed by atoms with E-state index >= 15 is 0 Å². The summed E-state index contributed by atoms with van der Waals surface area (Å²) in [7, 11) is 0. The van der Waals surface area contributed by atoms with Crippen molar-refractivity contribution in [1.29, 1.82) is 0 Å². The van der Waals surface area contributed by atoms with Gasteiger partial charge in [0, 0.05) is 37.6 Å². The molecular weight excluding hydrogens is 324 g/mol. The van der Waals surface area contributed by atoms with Gasteiger partial charge >= 0.3 is 0 Å². The molecule has 1 aliphatic heterocycles. The largest absolute Gasteiger partial charge is 0.340 e. The van der Waals surface area contributed by atoms with Crippen LogP contribution >= 0.6 is 27.3 Å². The molecule has 0 atom stereocenters. The Morgan fingerprint density at radius 3 is 2.79 bits per heavy atom. The Balaban J connectivity index is 1.89. The van der Waals surface area contributed by atoms with E-state index in [0.717, 1.165) is 39.1 Å². The monoisotopic (exact) mass is 344 g/mol. The van der Waals surface area contributed by atoms with E-state index in [-0.39, 0.29) is 5.91 Å². The maximum atomic E-state index is 12.3. The van der Waals surface area contributed by atoms with Gasteiger partial charge in [0.05, 0.1) is 4.32 Å². The minimum absolute atomic E-state index is 0.200. The number of nitrogens with zero attached hydrogens (tertiary/aromatic N) is 2. The number of carbonyl (C=O) groups is 1. The van der Waals surface area contributed by atoms with Crippen LogP contribution in [0.2, 0.25) is 0 Å². The molecule has 106 valence electrons. The Kier molecular flexibility index (Phi) is 5.03. The fourth-order valence-electron chi connectivity index (χ4n) is 2.33. The van der Waals surface area contributed by atoms with Crippen LogP contribution < -0.4 is 0 Å². The lowest BCUT2D eigenvalue weighted by molar-refractivity contribution is -0.132. The maximum absolute atomic E-state index is 12.3. The quantitative estimate of drug-likeness (QED) is 0.787. The van der Waals surface area contributed by atoms with Crippen LogP contribution in [0.3, 0.4) is 0 Å². The van der Waals surface area contributed by atoms with Gasteiger partial charge in [-0.25, -0.2) is 0 Å². The summed E-state index contributed by atoms with van der Waals surface area (Å²) in [6.07, 6.45) is 1.06. The van der Waals surface area contributed by atoms with Gasteiger partial charge in [0.2, 0.25) is 5.91 Å². The molecule has 1 fully saturated rings. The molecule has 5 heteroatoms. The lowest BCUT2D eigenvalue weighted by Crippen LogP contribution is -2.43. The maximum Gasteiger partial charge on any atom is 0.238 e. The first-order valence-corrected chi connectivity index (χ1v) is 8.37. The van der Waals surface area contributed by atoms with Gasteiger partial charge in [-0.3, -0.25) is 9.69 Å². The highest BCUT2D eigenvalue weighted by atomic mass is 79.9. The number of thiophene rings is 1. The van der Waals surface area contributed by atoms with E-state index in [4.69, 9.17) is 0 Å². The van der Waals surface area contributed by atoms with Gasteiger partial charge in [0.25, 0.3) is 0 Å². The molecule has 0 aliphatic carbocycles. The molecule has 0 aromatic carbocycles. The van der Waals surface area contributed by atoms with E-state index in [9.17, 15) is 4.79 Å². The Labute approximate surface area is 127 Å². The van der Waals surface area contributed by atoms with Crippen molar-refractivity contribution in [3.8, 4) is 0 Å². The van der Waals surface area contributed by atoms with Crippen molar-refractivity contribution in [3.63, 3.8) is 0 Å². The molecule has 1 amide bonds. The third-order valence-electron chi connectivity index (χ3n) is 3.34. The molecule has 0 spiro atoms. The number of amides is 1. The van der Waals surface area contributed by atoms with Crippen LogP contribution in [0.4, 0.5) is 0 Å². The first-order valence-electron chi connectivity index (χ1n) is 6.70. The second-order valence-corrected chi connectivity index (χ2v) is 8.49. The molecule has 0 unspecified atom stereocenters. The number of halogens is 1. The lowest BCUT2D eigenvalue weighted by Gasteiger charge is -2.27. The lowest BCUT2D eigenvalue weighted by atomic mass is 10.2. The number of alkyl halides is 1. The van der Waals surface area contributed by atoms with Crippen molar-refractivity contribution in [3.05, 3.63) is 22.4 Å². The van der Waals surface area contributed by atoms with E-state index in [2.05, 4.69) is 38.3 Å². The molecule has 0 saturated carbocycles. The molecule has 0 radical (unpaired) electrons. The van der Waals surface area contributed by atoms with Crippen molar-refractivity contribution < 1.29 is 4.79 Å². The van der Waals surface area contributed by atoms with Gasteiger partial charge in [-0.2, -0.15) is 0 Å². The van der Waals surface area contributed by atoms with Crippen LogP contribution in [-0.2, 0) is 11.3 Å². The average Bonchev–Trinajstić information content (AvgIpc) is 2.72. The second-order valence-electron chi connectivity index (χ2n) is 5.47. The average molecular weight is 345 g/mol. The fourth-order valence-corrected chi connectivity index (χ4v) is 3.33. The Bertz CT molecular complexity index is 414. The summed E-state index contributed by atoms with van der Waals surface area (Å²) in [5.74, 6) is 0.200. The number of carbonyl (C=O) groups excluding carboxylic acids is 1. The fraction of sp³-hybridized carbons (Fsp3) is 0.643. The van der Waals surface area contributed by atoms with Gasteiger partial charge in [0.15, 0.2) is 0 Å². The van der Waals surface area contributed by atoms with Crippen molar-refractivity contribution in [1.82, 2.24) is 9.80 Å². The third kappa shape index (κ3) is 4.29. The number of hydrogen-bond donors (Lipinski definition) is 0. The molecule has 1 saturated heterocycles. The summed E-state index contributed by atoms with van der Waals surface area (Å²) in [4.78, 5) is 18.1. The Morgan fingerprint density at radius 1 is 1.37 bits per heavy atom. The molecule has 1 aromatic heterocycles. The number of hydrogen-bond acceptors (Lipinski definition) is 3. The zero-order valence-electron chi connectivity index (χ0n) is 11.6. The van der Waals surface area contributed by atoms with E-state index in [0.29, 0.717) is 0 Å². The highest BCUT2D eigenvalue weighted by molar-refractivity contribution is 9.10. The summed E-state index contributed by atoms with van der Waals surface area (Å²) < 4.78 is -0.448. The topological polar surface area (TPSA) is 23.6 Å². The van der Waals surface area contributed by atoms with Crippen LogP contribution in [0.15, 0.2) is 17.5 Å². The van der Waals surface area contributed by atoms with Gasteiger partial charge in [-0.15, -0.1) is 11.3 Å². The minimum atomic E-state index is -0.448. The van der Waals surface area contributed by atoms with Gasteiger partial charge in [-0.1, -0.05) is 22.0 Å². The van der Waals surface area contributed by atoms with E-state index in [1.807, 2.05) is 18.7 Å². The minimum Gasteiger partial charge on any atom is -0.340 e. The second kappa shape index (κ2) is 6.37. The summed E-state index contributed by atoms with van der Waals surface area (Å²) in [5, 5.41) is 2.12. The smallest absolute Gasteiger partial charge is 0.238 e. The normalized spacial score (nSPS) is 18.4. The molecule has 1 aliphatic rings. The molecule has 19 heavy (non-hydrogen) atoms. The predicted octanol–water partition coefficient (Wildman–Crippen LogP) is 2.96. The summed E-state index contributed by atoms with van der Waals surface area (Å²) >= 11 is 5.27.